The number of amides is 1. The number of rotatable bonds is 4. The molecule has 1 aromatic heterocycles. The lowest BCUT2D eigenvalue weighted by Crippen LogP contribution is -2.37. The monoisotopic (exact) mass is 313 g/mol. The van der Waals surface area contributed by atoms with E-state index in [0.717, 1.165) is 0 Å². The first-order valence-electron chi connectivity index (χ1n) is 6.23. The summed E-state index contributed by atoms with van der Waals surface area (Å²) >= 11 is 5.68. The number of hydrogen-bond acceptors (Lipinski definition) is 5. The maximum absolute atomic E-state index is 12.5. The number of carboxylic acids is 1. The van der Waals surface area contributed by atoms with Gasteiger partial charge in [-0.25, -0.2) is 4.98 Å². The van der Waals surface area contributed by atoms with Gasteiger partial charge in [0.15, 0.2) is 0 Å². The second-order valence-corrected chi connectivity index (χ2v) is 5.01. The minimum Gasteiger partial charge on any atom is -0.481 e. The molecule has 1 aliphatic heterocycles. The van der Waals surface area contributed by atoms with Crippen molar-refractivity contribution in [2.75, 3.05) is 6.54 Å². The molecule has 0 spiro atoms. The second kappa shape index (κ2) is 6.04. The summed E-state index contributed by atoms with van der Waals surface area (Å²) in [5.74, 6) is -1.60. The topological polar surface area (TPSA) is 114 Å². The van der Waals surface area contributed by atoms with Gasteiger partial charge in [0.2, 0.25) is 5.15 Å². The number of carbonyl (C=O) groups is 2. The van der Waals surface area contributed by atoms with E-state index < -0.39 is 28.5 Å². The van der Waals surface area contributed by atoms with Crippen LogP contribution >= 0.6 is 11.6 Å². The van der Waals surface area contributed by atoms with Crippen LogP contribution in [-0.2, 0) is 4.79 Å². The molecule has 2 heterocycles. The molecule has 0 saturated carbocycles. The first-order chi connectivity index (χ1) is 9.91. The SMILES string of the molecule is O=C(O)CC1CCCN1C(=O)c1ccnc(Cl)c1[N+](=O)[O-]. The van der Waals surface area contributed by atoms with Crippen molar-refractivity contribution in [2.45, 2.75) is 25.3 Å². The highest BCUT2D eigenvalue weighted by Crippen LogP contribution is 2.30. The van der Waals surface area contributed by atoms with Crippen molar-refractivity contribution in [3.8, 4) is 0 Å². The standard InChI is InChI=1S/C12H12ClN3O5/c13-11-10(16(20)21)8(3-4-14-11)12(19)15-5-1-2-7(15)6-9(17)18/h3-4,7H,1-2,5-6H2,(H,17,18). The molecule has 1 aromatic rings. The Kier molecular flexibility index (Phi) is 4.37. The van der Waals surface area contributed by atoms with Crippen molar-refractivity contribution < 1.29 is 19.6 Å². The summed E-state index contributed by atoms with van der Waals surface area (Å²) in [6.45, 7) is 0.369. The van der Waals surface area contributed by atoms with Crippen molar-refractivity contribution in [3.63, 3.8) is 0 Å². The smallest absolute Gasteiger partial charge is 0.319 e. The van der Waals surface area contributed by atoms with Gasteiger partial charge in [-0.05, 0) is 18.9 Å². The molecule has 21 heavy (non-hydrogen) atoms. The summed E-state index contributed by atoms with van der Waals surface area (Å²) in [4.78, 5) is 38.5. The van der Waals surface area contributed by atoms with E-state index in [9.17, 15) is 19.7 Å². The Morgan fingerprint density at radius 3 is 2.90 bits per heavy atom. The number of nitrogens with zero attached hydrogens (tertiary/aromatic N) is 3. The number of halogens is 1. The molecule has 0 radical (unpaired) electrons. The zero-order chi connectivity index (χ0) is 15.6. The Morgan fingerprint density at radius 1 is 1.57 bits per heavy atom. The lowest BCUT2D eigenvalue weighted by Gasteiger charge is -2.23. The number of aliphatic carboxylic acids is 1. The number of pyridine rings is 1. The van der Waals surface area contributed by atoms with Crippen molar-refractivity contribution >= 4 is 29.2 Å². The molecule has 9 heteroatoms. The number of carboxylic acid groups (broad SMARTS) is 1. The van der Waals surface area contributed by atoms with Crippen LogP contribution in [0.15, 0.2) is 12.3 Å². The maximum atomic E-state index is 12.5. The van der Waals surface area contributed by atoms with Gasteiger partial charge in [-0.1, -0.05) is 11.6 Å². The molecular formula is C12H12ClN3O5. The summed E-state index contributed by atoms with van der Waals surface area (Å²) in [7, 11) is 0. The average Bonchev–Trinajstić information content (AvgIpc) is 2.84. The molecule has 8 nitrogen and oxygen atoms in total. The fraction of sp³-hybridized carbons (Fsp3) is 0.417. The Labute approximate surface area is 124 Å². The van der Waals surface area contributed by atoms with Gasteiger partial charge in [-0.2, -0.15) is 0 Å². The highest BCUT2D eigenvalue weighted by Gasteiger charge is 2.35. The van der Waals surface area contributed by atoms with Crippen molar-refractivity contribution in [2.24, 2.45) is 0 Å². The van der Waals surface area contributed by atoms with Gasteiger partial charge < -0.3 is 10.0 Å². The molecule has 1 amide bonds. The van der Waals surface area contributed by atoms with Crippen LogP contribution < -0.4 is 0 Å². The van der Waals surface area contributed by atoms with Crippen LogP contribution in [0.2, 0.25) is 5.15 Å². The van der Waals surface area contributed by atoms with E-state index in [-0.39, 0.29) is 17.1 Å². The molecule has 0 bridgehead atoms. The highest BCUT2D eigenvalue weighted by atomic mass is 35.5. The van der Waals surface area contributed by atoms with Crippen LogP contribution in [0.4, 0.5) is 5.69 Å². The summed E-state index contributed by atoms with van der Waals surface area (Å²) in [5, 5.41) is 19.5. The predicted octanol–water partition coefficient (Wildman–Crippen LogP) is 1.72. The van der Waals surface area contributed by atoms with Gasteiger partial charge in [0.1, 0.15) is 5.56 Å². The van der Waals surface area contributed by atoms with Crippen LogP contribution in [-0.4, -0.2) is 44.4 Å². The fourth-order valence-electron chi connectivity index (χ4n) is 2.45. The van der Waals surface area contributed by atoms with E-state index in [1.54, 1.807) is 0 Å². The zero-order valence-corrected chi connectivity index (χ0v) is 11.6. The number of carbonyl (C=O) groups excluding carboxylic acids is 1. The quantitative estimate of drug-likeness (QED) is 0.514. The Bertz CT molecular complexity index is 607. The Morgan fingerprint density at radius 2 is 2.29 bits per heavy atom. The third kappa shape index (κ3) is 3.10. The molecule has 2 rings (SSSR count). The van der Waals surface area contributed by atoms with E-state index in [2.05, 4.69) is 4.98 Å². The van der Waals surface area contributed by atoms with Crippen molar-refractivity contribution in [1.29, 1.82) is 0 Å². The van der Waals surface area contributed by atoms with Crippen LogP contribution in [0.25, 0.3) is 0 Å². The minimum atomic E-state index is -1.01. The Hall–Kier alpha value is -2.22. The van der Waals surface area contributed by atoms with Gasteiger partial charge in [0, 0.05) is 18.8 Å². The average molecular weight is 314 g/mol. The first kappa shape index (κ1) is 15.2. The molecule has 1 aliphatic rings. The summed E-state index contributed by atoms with van der Waals surface area (Å²) in [6.07, 6.45) is 2.25. The normalized spacial score (nSPS) is 17.8. The predicted molar refractivity (Wildman–Crippen MR) is 72.2 cm³/mol. The zero-order valence-electron chi connectivity index (χ0n) is 10.9. The summed E-state index contributed by atoms with van der Waals surface area (Å²) in [6, 6.07) is 0.768. The number of hydrogen-bond donors (Lipinski definition) is 1. The minimum absolute atomic E-state index is 0.169. The van der Waals surface area contributed by atoms with Crippen LogP contribution in [0, 0.1) is 10.1 Å². The molecule has 0 aromatic carbocycles. The summed E-state index contributed by atoms with van der Waals surface area (Å²) in [5.41, 5.74) is -0.720. The van der Waals surface area contributed by atoms with Gasteiger partial charge in [-0.3, -0.25) is 19.7 Å². The highest BCUT2D eigenvalue weighted by molar-refractivity contribution is 6.32. The molecule has 1 saturated heterocycles. The summed E-state index contributed by atoms with van der Waals surface area (Å²) < 4.78 is 0. The molecule has 1 unspecified atom stereocenters. The lowest BCUT2D eigenvalue weighted by atomic mass is 10.1. The second-order valence-electron chi connectivity index (χ2n) is 4.65. The Balaban J connectivity index is 2.34. The first-order valence-corrected chi connectivity index (χ1v) is 6.61. The lowest BCUT2D eigenvalue weighted by molar-refractivity contribution is -0.385. The molecule has 1 atom stereocenters. The molecule has 1 fully saturated rings. The van der Waals surface area contributed by atoms with Gasteiger partial charge in [0.25, 0.3) is 5.91 Å². The fourth-order valence-corrected chi connectivity index (χ4v) is 2.67. The maximum Gasteiger partial charge on any atom is 0.319 e. The largest absolute Gasteiger partial charge is 0.481 e. The van der Waals surface area contributed by atoms with E-state index in [1.807, 2.05) is 0 Å². The van der Waals surface area contributed by atoms with Crippen molar-refractivity contribution in [1.82, 2.24) is 9.88 Å². The van der Waals surface area contributed by atoms with Crippen LogP contribution in [0.3, 0.4) is 0 Å². The molecule has 0 aliphatic carbocycles. The van der Waals surface area contributed by atoms with E-state index in [4.69, 9.17) is 16.7 Å². The van der Waals surface area contributed by atoms with Gasteiger partial charge >= 0.3 is 11.7 Å². The van der Waals surface area contributed by atoms with Crippen LogP contribution in [0.5, 0.6) is 0 Å². The van der Waals surface area contributed by atoms with Crippen LogP contribution in [0.1, 0.15) is 29.6 Å². The van der Waals surface area contributed by atoms with Crippen molar-refractivity contribution in [3.05, 3.63) is 33.1 Å². The number of likely N-dealkylation sites (tertiary alicyclic amines) is 1. The molecular weight excluding hydrogens is 302 g/mol. The van der Waals surface area contributed by atoms with E-state index in [0.29, 0.717) is 19.4 Å². The van der Waals surface area contributed by atoms with E-state index in [1.165, 1.54) is 17.2 Å². The number of aromatic nitrogens is 1. The third-order valence-corrected chi connectivity index (χ3v) is 3.62. The van der Waals surface area contributed by atoms with E-state index >= 15 is 0 Å². The molecule has 1 N–H and O–H groups in total. The molecule has 112 valence electrons. The van der Waals surface area contributed by atoms with Gasteiger partial charge in [0.05, 0.1) is 11.3 Å². The third-order valence-electron chi connectivity index (χ3n) is 3.34. The number of nitro groups is 1. The van der Waals surface area contributed by atoms with Gasteiger partial charge in [-0.15, -0.1) is 0 Å².